The summed E-state index contributed by atoms with van der Waals surface area (Å²) in [5, 5.41) is 12.3. The fourth-order valence-corrected chi connectivity index (χ4v) is 2.96. The molecule has 1 aliphatic rings. The van der Waals surface area contributed by atoms with Gasteiger partial charge in [-0.15, -0.1) is 0 Å². The molecule has 0 unspecified atom stereocenters. The number of amides is 1. The quantitative estimate of drug-likeness (QED) is 0.783. The van der Waals surface area contributed by atoms with Crippen molar-refractivity contribution in [1.82, 2.24) is 5.32 Å². The van der Waals surface area contributed by atoms with Crippen molar-refractivity contribution in [3.63, 3.8) is 0 Å². The second-order valence-electron chi connectivity index (χ2n) is 5.31. The predicted molar refractivity (Wildman–Crippen MR) is 82.5 cm³/mol. The molecule has 0 aliphatic carbocycles. The molecule has 0 spiro atoms. The summed E-state index contributed by atoms with van der Waals surface area (Å²) in [4.78, 5) is 26.6. The number of hydrogen-bond acceptors (Lipinski definition) is 5. The summed E-state index contributed by atoms with van der Waals surface area (Å²) >= 11 is 0. The van der Waals surface area contributed by atoms with Crippen LogP contribution in [-0.4, -0.2) is 49.3 Å². The zero-order chi connectivity index (χ0) is 16.0. The molecule has 0 bridgehead atoms. The zero-order valence-electron chi connectivity index (χ0n) is 12.7. The van der Waals surface area contributed by atoms with Crippen LogP contribution in [0.1, 0.15) is 19.3 Å². The molecule has 0 radical (unpaired) electrons. The molecule has 1 fully saturated rings. The topological polar surface area (TPSA) is 78.9 Å². The van der Waals surface area contributed by atoms with E-state index >= 15 is 0 Å². The molecule has 0 saturated carbocycles. The summed E-state index contributed by atoms with van der Waals surface area (Å²) in [5.41, 5.74) is -0.374. The highest BCUT2D eigenvalue weighted by Gasteiger charge is 2.48. The Morgan fingerprint density at radius 2 is 1.91 bits per heavy atom. The number of methoxy groups -OCH3 is 1. The molecule has 1 heterocycles. The number of aliphatic hydroxyl groups is 1. The SMILES string of the molecule is COC(=O)C1(N(C(=O)CCO)c2ccccc2)CCNCC1. The minimum atomic E-state index is -1.02. The van der Waals surface area contributed by atoms with E-state index < -0.39 is 11.5 Å². The number of piperidine rings is 1. The highest BCUT2D eigenvalue weighted by Crippen LogP contribution is 2.33. The van der Waals surface area contributed by atoms with Crippen LogP contribution in [0.2, 0.25) is 0 Å². The Hall–Kier alpha value is -1.92. The summed E-state index contributed by atoms with van der Waals surface area (Å²) in [6.07, 6.45) is 0.929. The first-order chi connectivity index (χ1) is 10.7. The minimum absolute atomic E-state index is 0.0267. The van der Waals surface area contributed by atoms with Crippen molar-refractivity contribution >= 4 is 17.6 Å². The number of esters is 1. The fraction of sp³-hybridized carbons (Fsp3) is 0.500. The van der Waals surface area contributed by atoms with E-state index in [1.54, 1.807) is 12.1 Å². The average Bonchev–Trinajstić information content (AvgIpc) is 2.56. The normalized spacial score (nSPS) is 16.8. The number of nitrogens with one attached hydrogen (secondary N) is 1. The third kappa shape index (κ3) is 3.13. The van der Waals surface area contributed by atoms with Gasteiger partial charge < -0.3 is 15.2 Å². The maximum Gasteiger partial charge on any atom is 0.332 e. The van der Waals surface area contributed by atoms with Crippen LogP contribution in [0.25, 0.3) is 0 Å². The van der Waals surface area contributed by atoms with Crippen LogP contribution in [0.3, 0.4) is 0 Å². The number of hydrogen-bond donors (Lipinski definition) is 2. The third-order valence-electron chi connectivity index (χ3n) is 4.01. The predicted octanol–water partition coefficient (Wildman–Crippen LogP) is 0.697. The smallest absolute Gasteiger partial charge is 0.332 e. The first-order valence-corrected chi connectivity index (χ1v) is 7.44. The van der Waals surface area contributed by atoms with E-state index in [0.717, 1.165) is 0 Å². The number of ether oxygens (including phenoxy) is 1. The summed E-state index contributed by atoms with van der Waals surface area (Å²) in [7, 11) is 1.34. The lowest BCUT2D eigenvalue weighted by Gasteiger charge is -2.44. The Morgan fingerprint density at radius 3 is 2.45 bits per heavy atom. The van der Waals surface area contributed by atoms with Crippen molar-refractivity contribution in [3.05, 3.63) is 30.3 Å². The number of carbonyl (C=O) groups excluding carboxylic acids is 2. The monoisotopic (exact) mass is 306 g/mol. The summed E-state index contributed by atoms with van der Waals surface area (Å²) < 4.78 is 5.00. The molecule has 0 atom stereocenters. The molecular weight excluding hydrogens is 284 g/mol. The second-order valence-corrected chi connectivity index (χ2v) is 5.31. The lowest BCUT2D eigenvalue weighted by Crippen LogP contribution is -2.62. The van der Waals surface area contributed by atoms with Gasteiger partial charge in [-0.1, -0.05) is 18.2 Å². The van der Waals surface area contributed by atoms with Crippen molar-refractivity contribution in [2.45, 2.75) is 24.8 Å². The lowest BCUT2D eigenvalue weighted by atomic mass is 9.85. The standard InChI is InChI=1S/C16H22N2O4/c1-22-15(21)16(8-10-17-11-9-16)18(14(20)7-12-19)13-5-3-2-4-6-13/h2-6,17,19H,7-12H2,1H3. The number of rotatable bonds is 5. The van der Waals surface area contributed by atoms with E-state index in [0.29, 0.717) is 31.6 Å². The van der Waals surface area contributed by atoms with E-state index in [1.807, 2.05) is 18.2 Å². The van der Waals surface area contributed by atoms with Gasteiger partial charge in [0, 0.05) is 5.69 Å². The fourth-order valence-electron chi connectivity index (χ4n) is 2.96. The zero-order valence-corrected chi connectivity index (χ0v) is 12.7. The summed E-state index contributed by atoms with van der Waals surface area (Å²) in [6, 6.07) is 9.08. The Bertz CT molecular complexity index is 512. The molecular formula is C16H22N2O4. The molecule has 1 saturated heterocycles. The van der Waals surface area contributed by atoms with Gasteiger partial charge in [-0.3, -0.25) is 9.69 Å². The summed E-state index contributed by atoms with van der Waals surface area (Å²) in [6.45, 7) is 1.01. The van der Waals surface area contributed by atoms with E-state index in [1.165, 1.54) is 12.0 Å². The van der Waals surface area contributed by atoms with Gasteiger partial charge >= 0.3 is 5.97 Å². The molecule has 6 heteroatoms. The minimum Gasteiger partial charge on any atom is -0.467 e. The largest absolute Gasteiger partial charge is 0.467 e. The van der Waals surface area contributed by atoms with Crippen molar-refractivity contribution in [2.75, 3.05) is 31.7 Å². The van der Waals surface area contributed by atoms with E-state index in [2.05, 4.69) is 5.32 Å². The third-order valence-corrected chi connectivity index (χ3v) is 4.01. The highest BCUT2D eigenvalue weighted by atomic mass is 16.5. The molecule has 1 amide bonds. The lowest BCUT2D eigenvalue weighted by molar-refractivity contribution is -0.150. The van der Waals surface area contributed by atoms with Crippen molar-refractivity contribution in [3.8, 4) is 0 Å². The van der Waals surface area contributed by atoms with Crippen LogP contribution in [0, 0.1) is 0 Å². The molecule has 1 aromatic rings. The van der Waals surface area contributed by atoms with Crippen LogP contribution in [0.4, 0.5) is 5.69 Å². The number of anilines is 1. The van der Waals surface area contributed by atoms with Crippen molar-refractivity contribution in [1.29, 1.82) is 0 Å². The molecule has 2 N–H and O–H groups in total. The molecule has 2 rings (SSSR count). The van der Waals surface area contributed by atoms with Crippen LogP contribution in [0.5, 0.6) is 0 Å². The van der Waals surface area contributed by atoms with E-state index in [-0.39, 0.29) is 18.9 Å². The number of benzene rings is 1. The Balaban J connectivity index is 2.48. The molecule has 6 nitrogen and oxygen atoms in total. The molecule has 120 valence electrons. The van der Waals surface area contributed by atoms with Crippen molar-refractivity contribution < 1.29 is 19.4 Å². The molecule has 22 heavy (non-hydrogen) atoms. The van der Waals surface area contributed by atoms with Crippen LogP contribution >= 0.6 is 0 Å². The maximum absolute atomic E-state index is 12.6. The molecule has 0 aromatic heterocycles. The van der Waals surface area contributed by atoms with Crippen molar-refractivity contribution in [2.24, 2.45) is 0 Å². The Kier molecular flexibility index (Phi) is 5.51. The Morgan fingerprint density at radius 1 is 1.27 bits per heavy atom. The van der Waals surface area contributed by atoms with Gasteiger partial charge in [0.05, 0.1) is 20.1 Å². The molecule has 1 aromatic carbocycles. The van der Waals surface area contributed by atoms with Gasteiger partial charge in [0.2, 0.25) is 5.91 Å². The van der Waals surface area contributed by atoms with Crippen LogP contribution in [-0.2, 0) is 14.3 Å². The van der Waals surface area contributed by atoms with Gasteiger partial charge in [0.15, 0.2) is 0 Å². The highest BCUT2D eigenvalue weighted by molar-refractivity contribution is 6.02. The number of aliphatic hydroxyl groups excluding tert-OH is 1. The number of para-hydroxylation sites is 1. The Labute approximate surface area is 130 Å². The van der Waals surface area contributed by atoms with Gasteiger partial charge in [-0.2, -0.15) is 0 Å². The first-order valence-electron chi connectivity index (χ1n) is 7.44. The number of nitrogens with zero attached hydrogens (tertiary/aromatic N) is 1. The van der Waals surface area contributed by atoms with Gasteiger partial charge in [0.25, 0.3) is 0 Å². The average molecular weight is 306 g/mol. The van der Waals surface area contributed by atoms with Gasteiger partial charge in [-0.25, -0.2) is 4.79 Å². The van der Waals surface area contributed by atoms with Gasteiger partial charge in [0.1, 0.15) is 5.54 Å². The first kappa shape index (κ1) is 16.5. The second kappa shape index (κ2) is 7.38. The molecule has 1 aliphatic heterocycles. The number of carbonyl (C=O) groups is 2. The van der Waals surface area contributed by atoms with E-state index in [9.17, 15) is 9.59 Å². The van der Waals surface area contributed by atoms with Gasteiger partial charge in [-0.05, 0) is 38.1 Å². The summed E-state index contributed by atoms with van der Waals surface area (Å²) in [5.74, 6) is -0.690. The van der Waals surface area contributed by atoms with E-state index in [4.69, 9.17) is 9.84 Å². The van der Waals surface area contributed by atoms with Crippen LogP contribution < -0.4 is 10.2 Å². The van der Waals surface area contributed by atoms with Crippen LogP contribution in [0.15, 0.2) is 30.3 Å². The maximum atomic E-state index is 12.6.